The Labute approximate surface area is 218 Å². The van der Waals surface area contributed by atoms with Gasteiger partial charge < -0.3 is 24.3 Å². The number of nitrogens with one attached hydrogen (secondary N) is 1. The number of H-pyrrole nitrogens is 1. The van der Waals surface area contributed by atoms with Crippen LogP contribution in [0, 0.1) is 13.8 Å². The number of benzene rings is 3. The highest BCUT2D eigenvalue weighted by molar-refractivity contribution is 6.51. The molecule has 1 saturated heterocycles. The number of carbonyl (C=O) groups excluding carboxylic acids is 2. The summed E-state index contributed by atoms with van der Waals surface area (Å²) in [6, 6.07) is 14.9. The van der Waals surface area contributed by atoms with Crippen molar-refractivity contribution in [2.24, 2.45) is 0 Å². The van der Waals surface area contributed by atoms with Crippen LogP contribution in [-0.4, -0.2) is 47.1 Å². The van der Waals surface area contributed by atoms with Crippen molar-refractivity contribution in [3.8, 4) is 17.2 Å². The number of Topliss-reactive ketones (excluding diaryl/α,β-unsaturated/α-hetero) is 1. The summed E-state index contributed by atoms with van der Waals surface area (Å²) in [7, 11) is 1.54. The third-order valence-corrected chi connectivity index (χ3v) is 6.98. The lowest BCUT2D eigenvalue weighted by molar-refractivity contribution is -0.132. The van der Waals surface area contributed by atoms with Crippen molar-refractivity contribution < 1.29 is 28.9 Å². The van der Waals surface area contributed by atoms with Crippen molar-refractivity contribution in [2.45, 2.75) is 19.9 Å². The van der Waals surface area contributed by atoms with E-state index in [0.717, 1.165) is 16.6 Å². The number of ketones is 1. The molecular weight excluding hydrogens is 486 g/mol. The fourth-order valence-electron chi connectivity index (χ4n) is 4.89. The standard InChI is InChI=1S/C29H25N3O6/c1-15-11-20-21(12-16(15)2)31-29(30-20)32-25(17-5-4-6-19(13-17)36-3)24(27(34)28(32)35)26(33)18-7-8-22-23(14-18)38-10-9-37-22/h4-8,11-14,25,33H,9-10H2,1-3H3,(H,30,31)/b26-24+. The number of aromatic nitrogens is 2. The van der Waals surface area contributed by atoms with Crippen LogP contribution in [0.1, 0.15) is 28.3 Å². The van der Waals surface area contributed by atoms with Crippen LogP contribution >= 0.6 is 0 Å². The zero-order valence-electron chi connectivity index (χ0n) is 21.1. The summed E-state index contributed by atoms with van der Waals surface area (Å²) in [6.07, 6.45) is 0. The molecule has 2 N–H and O–H groups in total. The van der Waals surface area contributed by atoms with Crippen LogP contribution in [0.3, 0.4) is 0 Å². The Kier molecular flexibility index (Phi) is 5.56. The summed E-state index contributed by atoms with van der Waals surface area (Å²) in [5.74, 6) is -0.189. The quantitative estimate of drug-likeness (QED) is 0.234. The Bertz CT molecular complexity index is 1610. The minimum absolute atomic E-state index is 0.0623. The zero-order chi connectivity index (χ0) is 26.6. The van der Waals surface area contributed by atoms with Crippen LogP contribution in [0.15, 0.2) is 60.2 Å². The van der Waals surface area contributed by atoms with E-state index in [1.807, 2.05) is 26.0 Å². The molecule has 1 atom stereocenters. The molecule has 2 aliphatic rings. The van der Waals surface area contributed by atoms with E-state index in [1.54, 1.807) is 42.5 Å². The molecular formula is C29H25N3O6. The lowest BCUT2D eigenvalue weighted by Gasteiger charge is -2.23. The van der Waals surface area contributed by atoms with Gasteiger partial charge in [0.15, 0.2) is 11.5 Å². The molecule has 3 heterocycles. The molecule has 0 aliphatic carbocycles. The van der Waals surface area contributed by atoms with Gasteiger partial charge in [-0.25, -0.2) is 4.98 Å². The first-order valence-corrected chi connectivity index (χ1v) is 12.2. The number of methoxy groups -OCH3 is 1. The average molecular weight is 512 g/mol. The van der Waals surface area contributed by atoms with Gasteiger partial charge in [0.1, 0.15) is 24.7 Å². The van der Waals surface area contributed by atoms with Crippen molar-refractivity contribution in [1.82, 2.24) is 9.97 Å². The normalized spacial score (nSPS) is 18.3. The molecule has 192 valence electrons. The predicted molar refractivity (Wildman–Crippen MR) is 141 cm³/mol. The molecule has 38 heavy (non-hydrogen) atoms. The number of rotatable bonds is 4. The largest absolute Gasteiger partial charge is 0.507 e. The number of anilines is 1. The molecule has 4 aromatic rings. The summed E-state index contributed by atoms with van der Waals surface area (Å²) >= 11 is 0. The molecule has 9 heteroatoms. The van der Waals surface area contributed by atoms with Gasteiger partial charge in [0.05, 0.1) is 29.8 Å². The van der Waals surface area contributed by atoms with E-state index in [1.165, 1.54) is 12.0 Å². The number of fused-ring (bicyclic) bond motifs is 2. The number of hydrogen-bond acceptors (Lipinski definition) is 7. The van der Waals surface area contributed by atoms with E-state index >= 15 is 0 Å². The lowest BCUT2D eigenvalue weighted by atomic mass is 9.95. The summed E-state index contributed by atoms with van der Waals surface area (Å²) in [5, 5.41) is 11.5. The highest BCUT2D eigenvalue weighted by atomic mass is 16.6. The second kappa shape index (κ2) is 8.95. The van der Waals surface area contributed by atoms with Crippen molar-refractivity contribution >= 4 is 34.4 Å². The van der Waals surface area contributed by atoms with Crippen molar-refractivity contribution in [3.05, 3.63) is 82.4 Å². The Balaban J connectivity index is 1.55. The topological polar surface area (TPSA) is 114 Å². The Hall–Kier alpha value is -4.79. The molecule has 1 amide bonds. The predicted octanol–water partition coefficient (Wildman–Crippen LogP) is 4.59. The molecule has 9 nitrogen and oxygen atoms in total. The van der Waals surface area contributed by atoms with Gasteiger partial charge in [-0.15, -0.1) is 0 Å². The van der Waals surface area contributed by atoms with Gasteiger partial charge in [-0.2, -0.15) is 0 Å². The van der Waals surface area contributed by atoms with Crippen LogP contribution in [0.25, 0.3) is 16.8 Å². The van der Waals surface area contributed by atoms with Gasteiger partial charge in [0.2, 0.25) is 5.95 Å². The molecule has 0 radical (unpaired) electrons. The summed E-state index contributed by atoms with van der Waals surface area (Å²) in [6.45, 7) is 4.77. The van der Waals surface area contributed by atoms with Gasteiger partial charge in [0.25, 0.3) is 5.78 Å². The first-order chi connectivity index (χ1) is 18.4. The second-order valence-corrected chi connectivity index (χ2v) is 9.32. The molecule has 3 aromatic carbocycles. The molecule has 6 rings (SSSR count). The van der Waals surface area contributed by atoms with Gasteiger partial charge in [0, 0.05) is 5.56 Å². The lowest BCUT2D eigenvalue weighted by Crippen LogP contribution is -2.30. The van der Waals surface area contributed by atoms with Crippen LogP contribution in [0.5, 0.6) is 17.2 Å². The first-order valence-electron chi connectivity index (χ1n) is 12.2. The van der Waals surface area contributed by atoms with Crippen molar-refractivity contribution in [3.63, 3.8) is 0 Å². The maximum atomic E-state index is 13.5. The second-order valence-electron chi connectivity index (χ2n) is 9.32. The first kappa shape index (κ1) is 23.6. The van der Waals surface area contributed by atoms with Gasteiger partial charge in [-0.3, -0.25) is 14.5 Å². The number of aliphatic hydroxyl groups excluding tert-OH is 1. The Morgan fingerprint density at radius 1 is 1.03 bits per heavy atom. The summed E-state index contributed by atoms with van der Waals surface area (Å²) in [4.78, 5) is 36.2. The highest BCUT2D eigenvalue weighted by Crippen LogP contribution is 2.43. The van der Waals surface area contributed by atoms with Gasteiger partial charge >= 0.3 is 5.91 Å². The summed E-state index contributed by atoms with van der Waals surface area (Å²) < 4.78 is 16.6. The van der Waals surface area contributed by atoms with Crippen LogP contribution < -0.4 is 19.1 Å². The molecule has 1 aromatic heterocycles. The molecule has 0 spiro atoms. The van der Waals surface area contributed by atoms with E-state index in [4.69, 9.17) is 14.2 Å². The number of nitrogens with zero attached hydrogens (tertiary/aromatic N) is 2. The maximum absolute atomic E-state index is 13.5. The average Bonchev–Trinajstić information content (AvgIpc) is 3.45. The zero-order valence-corrected chi connectivity index (χ0v) is 21.1. The van der Waals surface area contributed by atoms with E-state index in [-0.39, 0.29) is 17.3 Å². The van der Waals surface area contributed by atoms with Gasteiger partial charge in [-0.1, -0.05) is 12.1 Å². The SMILES string of the molecule is COc1cccc(C2/C(=C(\O)c3ccc4c(c3)OCCO4)C(=O)C(=O)N2c2nc3cc(C)c(C)cc3[nH]2)c1. The number of aryl methyl sites for hydroxylation is 2. The number of aliphatic hydroxyl groups is 1. The van der Waals surface area contributed by atoms with Crippen LogP contribution in [-0.2, 0) is 9.59 Å². The minimum Gasteiger partial charge on any atom is -0.507 e. The number of amides is 1. The van der Waals surface area contributed by atoms with Crippen molar-refractivity contribution in [1.29, 1.82) is 0 Å². The van der Waals surface area contributed by atoms with E-state index < -0.39 is 17.7 Å². The fraction of sp³-hybridized carbons (Fsp3) is 0.207. The summed E-state index contributed by atoms with van der Waals surface area (Å²) in [5.41, 5.74) is 4.37. The molecule has 1 fully saturated rings. The number of hydrogen-bond donors (Lipinski definition) is 2. The number of imidazole rings is 1. The van der Waals surface area contributed by atoms with Crippen LogP contribution in [0.2, 0.25) is 0 Å². The van der Waals surface area contributed by atoms with E-state index in [9.17, 15) is 14.7 Å². The Morgan fingerprint density at radius 3 is 2.58 bits per heavy atom. The molecule has 0 saturated carbocycles. The van der Waals surface area contributed by atoms with E-state index in [2.05, 4.69) is 9.97 Å². The van der Waals surface area contributed by atoms with Crippen LogP contribution in [0.4, 0.5) is 5.95 Å². The third kappa shape index (κ3) is 3.75. The monoisotopic (exact) mass is 511 g/mol. The number of aromatic amines is 1. The van der Waals surface area contributed by atoms with E-state index in [0.29, 0.717) is 47.1 Å². The maximum Gasteiger partial charge on any atom is 0.302 e. The fourth-order valence-corrected chi connectivity index (χ4v) is 4.89. The Morgan fingerprint density at radius 2 is 1.79 bits per heavy atom. The number of ether oxygens (including phenoxy) is 3. The van der Waals surface area contributed by atoms with Gasteiger partial charge in [-0.05, 0) is 73.0 Å². The van der Waals surface area contributed by atoms with Crippen molar-refractivity contribution in [2.75, 3.05) is 25.2 Å². The molecule has 1 unspecified atom stereocenters. The number of carbonyl (C=O) groups is 2. The third-order valence-electron chi connectivity index (χ3n) is 6.98. The highest BCUT2D eigenvalue weighted by Gasteiger charge is 2.48. The molecule has 0 bridgehead atoms. The molecule has 2 aliphatic heterocycles. The smallest absolute Gasteiger partial charge is 0.302 e. The minimum atomic E-state index is -0.957.